The van der Waals surface area contributed by atoms with Crippen LogP contribution in [-0.4, -0.2) is 24.1 Å². The Labute approximate surface area is 122 Å². The van der Waals surface area contributed by atoms with Crippen molar-refractivity contribution in [1.29, 1.82) is 0 Å². The summed E-state index contributed by atoms with van der Waals surface area (Å²) in [4.78, 5) is 4.51. The highest BCUT2D eigenvalue weighted by atomic mass is 32.1. The molecule has 0 spiro atoms. The number of aromatic nitrogens is 5. The normalized spacial score (nSPS) is 16.2. The van der Waals surface area contributed by atoms with Crippen LogP contribution in [0.15, 0.2) is 0 Å². The maximum absolute atomic E-state index is 4.51. The number of nitrogens with zero attached hydrogens (tertiary/aromatic N) is 5. The van der Waals surface area contributed by atoms with Crippen LogP contribution < -0.4 is 5.32 Å². The molecule has 7 heteroatoms. The van der Waals surface area contributed by atoms with E-state index >= 15 is 0 Å². The van der Waals surface area contributed by atoms with E-state index in [0.717, 1.165) is 35.6 Å². The van der Waals surface area contributed by atoms with Crippen molar-refractivity contribution in [1.82, 2.24) is 24.1 Å². The second-order valence-electron chi connectivity index (χ2n) is 5.56. The lowest BCUT2D eigenvalue weighted by Crippen LogP contribution is -2.18. The molecule has 3 rings (SSSR count). The summed E-state index contributed by atoms with van der Waals surface area (Å²) in [7, 11) is 0. The predicted molar refractivity (Wildman–Crippen MR) is 79.0 cm³/mol. The third-order valence-corrected chi connectivity index (χ3v) is 4.23. The van der Waals surface area contributed by atoms with Crippen LogP contribution in [0.4, 0.5) is 5.13 Å². The topological polar surface area (TPSA) is 68.5 Å². The predicted octanol–water partition coefficient (Wildman–Crippen LogP) is 2.76. The van der Waals surface area contributed by atoms with Gasteiger partial charge in [0.1, 0.15) is 11.6 Å². The number of hydrogen-bond acceptors (Lipinski definition) is 6. The Morgan fingerprint density at radius 1 is 1.20 bits per heavy atom. The first-order valence-corrected chi connectivity index (χ1v) is 7.94. The van der Waals surface area contributed by atoms with Gasteiger partial charge in [-0.1, -0.05) is 13.8 Å². The van der Waals surface area contributed by atoms with E-state index in [1.807, 2.05) is 0 Å². The zero-order valence-corrected chi connectivity index (χ0v) is 12.9. The number of nitrogens with one attached hydrogen (secondary N) is 1. The molecule has 108 valence electrons. The average Bonchev–Trinajstić information content (AvgIpc) is 3.04. The van der Waals surface area contributed by atoms with Gasteiger partial charge < -0.3 is 9.88 Å². The molecule has 1 atom stereocenters. The number of fused-ring (bicyclic) bond motifs is 1. The zero-order valence-electron chi connectivity index (χ0n) is 12.1. The van der Waals surface area contributed by atoms with E-state index in [0.29, 0.717) is 5.92 Å². The highest BCUT2D eigenvalue weighted by molar-refractivity contribution is 7.09. The smallest absolute Gasteiger partial charge is 0.203 e. The van der Waals surface area contributed by atoms with Gasteiger partial charge in [0, 0.05) is 30.4 Å². The quantitative estimate of drug-likeness (QED) is 0.938. The van der Waals surface area contributed by atoms with Crippen LogP contribution in [-0.2, 0) is 13.0 Å². The lowest BCUT2D eigenvalue weighted by Gasteiger charge is -2.18. The van der Waals surface area contributed by atoms with Crippen molar-refractivity contribution in [3.63, 3.8) is 0 Å². The summed E-state index contributed by atoms with van der Waals surface area (Å²) in [5, 5.41) is 12.9. The summed E-state index contributed by atoms with van der Waals surface area (Å²) in [5.74, 6) is 3.37. The number of hydrogen-bond donors (Lipinski definition) is 1. The van der Waals surface area contributed by atoms with Gasteiger partial charge in [-0.15, -0.1) is 10.2 Å². The number of aryl methyl sites for hydroxylation is 1. The van der Waals surface area contributed by atoms with Gasteiger partial charge in [-0.25, -0.2) is 4.98 Å². The van der Waals surface area contributed by atoms with E-state index in [9.17, 15) is 0 Å². The molecular formula is C13H20N6S. The minimum absolute atomic E-state index is 0.0994. The van der Waals surface area contributed by atoms with Gasteiger partial charge in [-0.3, -0.25) is 0 Å². The summed E-state index contributed by atoms with van der Waals surface area (Å²) in [6.45, 7) is 7.33. The first-order chi connectivity index (χ1) is 9.65. The van der Waals surface area contributed by atoms with Crippen LogP contribution in [0.2, 0.25) is 0 Å². The maximum Gasteiger partial charge on any atom is 0.203 e. The molecule has 0 saturated carbocycles. The van der Waals surface area contributed by atoms with Crippen molar-refractivity contribution in [2.24, 2.45) is 0 Å². The first-order valence-electron chi connectivity index (χ1n) is 7.17. The van der Waals surface area contributed by atoms with E-state index in [1.165, 1.54) is 24.4 Å². The summed E-state index contributed by atoms with van der Waals surface area (Å²) in [6.07, 6.45) is 3.46. The molecular weight excluding hydrogens is 272 g/mol. The summed E-state index contributed by atoms with van der Waals surface area (Å²) in [6, 6.07) is 0.0994. The van der Waals surface area contributed by atoms with Gasteiger partial charge in [-0.2, -0.15) is 4.37 Å². The van der Waals surface area contributed by atoms with Crippen molar-refractivity contribution < 1.29 is 0 Å². The second kappa shape index (κ2) is 5.47. The van der Waals surface area contributed by atoms with Gasteiger partial charge in [0.2, 0.25) is 5.13 Å². The summed E-state index contributed by atoms with van der Waals surface area (Å²) >= 11 is 1.41. The molecule has 0 bridgehead atoms. The van der Waals surface area contributed by atoms with Crippen molar-refractivity contribution in [3.8, 4) is 0 Å². The van der Waals surface area contributed by atoms with Gasteiger partial charge in [-0.05, 0) is 19.8 Å². The van der Waals surface area contributed by atoms with Gasteiger partial charge in [0.25, 0.3) is 0 Å². The van der Waals surface area contributed by atoms with Crippen molar-refractivity contribution in [2.45, 2.75) is 58.5 Å². The molecule has 6 nitrogen and oxygen atoms in total. The van der Waals surface area contributed by atoms with Crippen LogP contribution in [0.5, 0.6) is 0 Å². The Bertz CT molecular complexity index is 587. The first kappa shape index (κ1) is 13.5. The van der Waals surface area contributed by atoms with Crippen molar-refractivity contribution >= 4 is 16.7 Å². The molecule has 0 saturated heterocycles. The van der Waals surface area contributed by atoms with Crippen LogP contribution in [0.3, 0.4) is 0 Å². The molecule has 0 fully saturated rings. The van der Waals surface area contributed by atoms with Crippen molar-refractivity contribution in [2.75, 3.05) is 5.32 Å². The average molecular weight is 292 g/mol. The zero-order chi connectivity index (χ0) is 14.1. The van der Waals surface area contributed by atoms with Crippen molar-refractivity contribution in [3.05, 3.63) is 17.5 Å². The fourth-order valence-electron chi connectivity index (χ4n) is 2.43. The van der Waals surface area contributed by atoms with Crippen LogP contribution >= 0.6 is 11.5 Å². The second-order valence-corrected chi connectivity index (χ2v) is 6.31. The molecule has 1 N–H and O–H groups in total. The lowest BCUT2D eigenvalue weighted by molar-refractivity contribution is 0.500. The fraction of sp³-hybridized carbons (Fsp3) is 0.692. The highest BCUT2D eigenvalue weighted by Gasteiger charge is 2.21. The highest BCUT2D eigenvalue weighted by Crippen LogP contribution is 2.24. The molecule has 0 amide bonds. The van der Waals surface area contributed by atoms with Crippen LogP contribution in [0, 0.1) is 0 Å². The molecule has 1 aliphatic rings. The molecule has 3 heterocycles. The minimum atomic E-state index is 0.0994. The SMILES string of the molecule is CC(C)c1nsc(NC(C)c2nnc3n2CCCC3)n1. The number of rotatable bonds is 4. The Morgan fingerprint density at radius 3 is 2.80 bits per heavy atom. The molecule has 0 radical (unpaired) electrons. The Morgan fingerprint density at radius 2 is 2.05 bits per heavy atom. The van der Waals surface area contributed by atoms with Crippen LogP contribution in [0.1, 0.15) is 63.0 Å². The molecule has 0 aliphatic carbocycles. The molecule has 1 aliphatic heterocycles. The molecule has 1 unspecified atom stereocenters. The van der Waals surface area contributed by atoms with E-state index in [-0.39, 0.29) is 6.04 Å². The number of anilines is 1. The van der Waals surface area contributed by atoms with Gasteiger partial charge in [0.15, 0.2) is 5.82 Å². The maximum atomic E-state index is 4.51. The third-order valence-electron chi connectivity index (χ3n) is 3.57. The van der Waals surface area contributed by atoms with E-state index in [1.54, 1.807) is 0 Å². The van der Waals surface area contributed by atoms with E-state index in [2.05, 4.69) is 50.2 Å². The Balaban J connectivity index is 1.75. The monoisotopic (exact) mass is 292 g/mol. The summed E-state index contributed by atoms with van der Waals surface area (Å²) in [5.41, 5.74) is 0. The standard InChI is InChI=1S/C13H20N6S/c1-8(2)11-15-13(20-18-11)14-9(3)12-17-16-10-6-4-5-7-19(10)12/h8-9H,4-7H2,1-3H3,(H,14,15,18). The largest absolute Gasteiger partial charge is 0.351 e. The summed E-state index contributed by atoms with van der Waals surface area (Å²) < 4.78 is 6.60. The Kier molecular flexibility index (Phi) is 3.69. The van der Waals surface area contributed by atoms with E-state index < -0.39 is 0 Å². The van der Waals surface area contributed by atoms with E-state index in [4.69, 9.17) is 0 Å². The molecule has 2 aromatic heterocycles. The fourth-order valence-corrected chi connectivity index (χ4v) is 3.22. The van der Waals surface area contributed by atoms with Gasteiger partial charge >= 0.3 is 0 Å². The Hall–Kier alpha value is -1.50. The minimum Gasteiger partial charge on any atom is -0.351 e. The van der Waals surface area contributed by atoms with Gasteiger partial charge in [0.05, 0.1) is 6.04 Å². The lowest BCUT2D eigenvalue weighted by atomic mass is 10.1. The van der Waals surface area contributed by atoms with Crippen LogP contribution in [0.25, 0.3) is 0 Å². The third kappa shape index (κ3) is 2.54. The molecule has 20 heavy (non-hydrogen) atoms. The molecule has 0 aromatic carbocycles. The molecule has 2 aromatic rings.